The smallest absolute Gasteiger partial charge is 0.374 e. The van der Waals surface area contributed by atoms with Crippen molar-refractivity contribution >= 4 is 64.6 Å². The number of fused-ring (bicyclic) bond motifs is 5. The van der Waals surface area contributed by atoms with Gasteiger partial charge in [-0.25, -0.2) is 4.48 Å². The second-order valence-corrected chi connectivity index (χ2v) is 16.3. The van der Waals surface area contributed by atoms with E-state index in [0.717, 1.165) is 32.6 Å². The van der Waals surface area contributed by atoms with Crippen LogP contribution < -0.4 is 13.8 Å². The van der Waals surface area contributed by atoms with Crippen LogP contribution in [-0.4, -0.2) is 42.6 Å². The molecule has 0 aliphatic carbocycles. The van der Waals surface area contributed by atoms with E-state index in [1.54, 1.807) is 6.92 Å². The fourth-order valence-electron chi connectivity index (χ4n) is 6.88. The van der Waals surface area contributed by atoms with Gasteiger partial charge in [0.25, 0.3) is 15.6 Å². The summed E-state index contributed by atoms with van der Waals surface area (Å²) in [6.07, 6.45) is 4.58. The third-order valence-electron chi connectivity index (χ3n) is 10.00. The molecule has 10 nitrogen and oxygen atoms in total. The summed E-state index contributed by atoms with van der Waals surface area (Å²) in [6.45, 7) is 5.64. The number of benzene rings is 4. The fraction of sp³-hybridized carbons (Fsp3) is 0.286. The Bertz CT molecular complexity index is 2380. The highest BCUT2D eigenvalue weighted by atomic mass is 32.2. The molecule has 2 aliphatic heterocycles. The molecule has 12 heteroatoms. The Kier molecular flexibility index (Phi) is 7.37. The highest BCUT2D eigenvalue weighted by Gasteiger charge is 2.72. The van der Waals surface area contributed by atoms with E-state index in [1.165, 1.54) is 6.92 Å². The first kappa shape index (κ1) is 31.5. The van der Waals surface area contributed by atoms with Crippen LogP contribution in [0.15, 0.2) is 94.7 Å². The summed E-state index contributed by atoms with van der Waals surface area (Å²) in [5.74, 6) is 1.37. The zero-order chi connectivity index (χ0) is 33.4. The summed E-state index contributed by atoms with van der Waals surface area (Å²) >= 11 is 0. The van der Waals surface area contributed by atoms with Gasteiger partial charge in [-0.15, -0.1) is 0 Å². The highest BCUT2D eigenvalue weighted by molar-refractivity contribution is 7.87. The molecule has 0 saturated carbocycles. The maximum absolute atomic E-state index is 13.0. The second-order valence-electron chi connectivity index (χ2n) is 12.6. The molecule has 0 bridgehead atoms. The van der Waals surface area contributed by atoms with Crippen LogP contribution in [0.3, 0.4) is 0 Å². The molecule has 1 spiro atoms. The zero-order valence-electron chi connectivity index (χ0n) is 26.3. The van der Waals surface area contributed by atoms with E-state index in [0.29, 0.717) is 41.8 Å². The van der Waals surface area contributed by atoms with E-state index in [1.807, 2.05) is 96.4 Å². The van der Waals surface area contributed by atoms with Gasteiger partial charge in [-0.1, -0.05) is 55.5 Å². The predicted molar refractivity (Wildman–Crippen MR) is 182 cm³/mol. The molecular weight excluding hydrogens is 641 g/mol. The average molecular weight is 677 g/mol. The van der Waals surface area contributed by atoms with E-state index >= 15 is 0 Å². The van der Waals surface area contributed by atoms with Crippen LogP contribution in [-0.2, 0) is 26.8 Å². The van der Waals surface area contributed by atoms with Gasteiger partial charge in [0.15, 0.2) is 18.0 Å². The second kappa shape index (κ2) is 11.0. The minimum absolute atomic E-state index is 0.146. The monoisotopic (exact) mass is 676 g/mol. The van der Waals surface area contributed by atoms with Crippen LogP contribution in [0.2, 0.25) is 0 Å². The van der Waals surface area contributed by atoms with Gasteiger partial charge in [0.2, 0.25) is 10.5 Å². The van der Waals surface area contributed by atoms with E-state index in [2.05, 4.69) is 0 Å². The fourth-order valence-corrected chi connectivity index (χ4v) is 8.30. The van der Waals surface area contributed by atoms with E-state index in [4.69, 9.17) is 9.15 Å². The van der Waals surface area contributed by atoms with Crippen molar-refractivity contribution in [3.05, 3.63) is 96.2 Å². The molecule has 1 saturated heterocycles. The molecule has 47 heavy (non-hydrogen) atoms. The highest BCUT2D eigenvalue weighted by Crippen LogP contribution is 2.59. The van der Waals surface area contributed by atoms with Crippen LogP contribution in [0.25, 0.3) is 38.7 Å². The van der Waals surface area contributed by atoms with Crippen LogP contribution >= 0.6 is 0 Å². The maximum Gasteiger partial charge on any atom is 0.374 e. The Hall–Kier alpha value is -4.07. The Morgan fingerprint density at radius 1 is 0.979 bits per heavy atom. The number of nitrogens with zero attached hydrogens (tertiary/aromatic N) is 2. The van der Waals surface area contributed by atoms with Gasteiger partial charge in [-0.2, -0.15) is 21.4 Å². The molecule has 5 aromatic rings. The summed E-state index contributed by atoms with van der Waals surface area (Å²) < 4.78 is 84.4. The third-order valence-corrected chi connectivity index (χ3v) is 12.9. The minimum Gasteiger partial charge on any atom is -0.406 e. The average Bonchev–Trinajstić information content (AvgIpc) is 3.53. The van der Waals surface area contributed by atoms with Gasteiger partial charge in [0.05, 0.1) is 24.3 Å². The van der Waals surface area contributed by atoms with Crippen molar-refractivity contribution < 1.29 is 39.7 Å². The molecule has 2 aliphatic rings. The number of hydrogen-bond acceptors (Lipinski definition) is 6. The number of oxazole rings is 1. The number of allylic oxidation sites excluding steroid dienone is 2. The van der Waals surface area contributed by atoms with Gasteiger partial charge in [0, 0.05) is 31.6 Å². The molecule has 7 rings (SSSR count). The summed E-state index contributed by atoms with van der Waals surface area (Å²) in [5, 5.41) is 2.86. The Morgan fingerprint density at radius 2 is 1.60 bits per heavy atom. The lowest BCUT2D eigenvalue weighted by molar-refractivity contribution is -0.678. The normalized spacial score (nSPS) is 23.0. The maximum atomic E-state index is 13.0. The summed E-state index contributed by atoms with van der Waals surface area (Å²) in [4.78, 5) is -1.56. The van der Waals surface area contributed by atoms with Gasteiger partial charge in [-0.05, 0) is 52.6 Å². The summed E-state index contributed by atoms with van der Waals surface area (Å²) in [5.41, 5.74) is 2.81. The topological polar surface area (TPSA) is 135 Å². The van der Waals surface area contributed by atoms with Crippen molar-refractivity contribution in [3.63, 3.8) is 0 Å². The zero-order valence-corrected chi connectivity index (χ0v) is 27.9. The molecule has 0 radical (unpaired) electrons. The molecule has 1 fully saturated rings. The lowest BCUT2D eigenvalue weighted by Gasteiger charge is -2.52. The van der Waals surface area contributed by atoms with Crippen molar-refractivity contribution in [1.82, 2.24) is 4.48 Å². The number of ether oxygens (including phenoxy) is 1. The van der Waals surface area contributed by atoms with E-state index < -0.39 is 30.4 Å². The molecule has 1 aromatic heterocycles. The first-order chi connectivity index (χ1) is 22.2. The van der Waals surface area contributed by atoms with E-state index in [9.17, 15) is 25.9 Å². The lowest BCUT2D eigenvalue weighted by Crippen LogP contribution is -2.75. The predicted octanol–water partition coefficient (Wildman–Crippen LogP) is 6.74. The van der Waals surface area contributed by atoms with E-state index in [-0.39, 0.29) is 23.9 Å². The summed E-state index contributed by atoms with van der Waals surface area (Å²) in [7, 11) is -8.75. The van der Waals surface area contributed by atoms with Crippen LogP contribution in [0, 0.1) is 0 Å². The molecule has 2 N–H and O–H groups in total. The number of aryl methyl sites for hydroxylation is 1. The Morgan fingerprint density at radius 3 is 2.17 bits per heavy atom. The Labute approximate surface area is 273 Å². The number of aromatic nitrogens is 1. The minimum atomic E-state index is -4.52. The van der Waals surface area contributed by atoms with Crippen molar-refractivity contribution in [2.45, 2.75) is 56.7 Å². The van der Waals surface area contributed by atoms with Crippen LogP contribution in [0.5, 0.6) is 5.75 Å². The molecular formula is C35H36N2O8S2+2. The Balaban J connectivity index is 1.39. The largest absolute Gasteiger partial charge is 0.406 e. The SMILES string of the molecule is CCC(/C=C1\Oc2cc3ccccc3cc2[N+]12CCC2(C)S(=O)(=O)O)=C\c1oc2cc3ccccc3cc2[n+]1CCC(C)S(=O)(=O)O. The molecule has 4 aromatic carbocycles. The van der Waals surface area contributed by atoms with Gasteiger partial charge < -0.3 is 9.15 Å². The van der Waals surface area contributed by atoms with Crippen molar-refractivity contribution in [3.8, 4) is 5.75 Å². The first-order valence-corrected chi connectivity index (χ1v) is 18.5. The lowest BCUT2D eigenvalue weighted by atomic mass is 9.95. The third kappa shape index (κ3) is 4.97. The van der Waals surface area contributed by atoms with Gasteiger partial charge in [0.1, 0.15) is 0 Å². The molecule has 0 amide bonds. The quantitative estimate of drug-likeness (QED) is 0.105. The molecule has 3 heterocycles. The number of rotatable bonds is 8. The van der Waals surface area contributed by atoms with Gasteiger partial charge in [-0.3, -0.25) is 9.11 Å². The van der Waals surface area contributed by atoms with Crippen LogP contribution in [0.4, 0.5) is 5.69 Å². The van der Waals surface area contributed by atoms with Gasteiger partial charge >= 0.3 is 21.9 Å². The first-order valence-electron chi connectivity index (χ1n) is 15.6. The van der Waals surface area contributed by atoms with Crippen molar-refractivity contribution in [1.29, 1.82) is 0 Å². The summed E-state index contributed by atoms with van der Waals surface area (Å²) in [6, 6.07) is 23.4. The molecule has 3 unspecified atom stereocenters. The number of hydrogen-bond donors (Lipinski definition) is 2. The molecule has 244 valence electrons. The standard InChI is InChI=1S/C35H34N2O8S2/c1-4-24(17-33-36(15-13-23(2)46(38,39)40)29-19-25-9-5-7-11-27(25)21-31(29)44-33)18-34-37(16-14-35(37,3)47(41,42)43)30-20-26-10-6-8-12-28(26)22-32(30)45-34/h5-12,17-23H,4,13-16H2,1-3H3/p+2/b24-17+,34-18-. The van der Waals surface area contributed by atoms with Crippen molar-refractivity contribution in [2.75, 3.05) is 6.54 Å². The molecule has 3 atom stereocenters. The van der Waals surface area contributed by atoms with Crippen LogP contribution in [0.1, 0.15) is 45.9 Å². The number of quaternary nitrogens is 1. The van der Waals surface area contributed by atoms with Crippen molar-refractivity contribution in [2.24, 2.45) is 0 Å².